The third-order valence-corrected chi connectivity index (χ3v) is 5.16. The lowest BCUT2D eigenvalue weighted by molar-refractivity contribution is -0.132. The molecule has 0 fully saturated rings. The summed E-state index contributed by atoms with van der Waals surface area (Å²) in [7, 11) is 3.32. The molecule has 1 aliphatic carbocycles. The van der Waals surface area contributed by atoms with Crippen LogP contribution in [0.4, 0.5) is 0 Å². The number of hydrogen-bond acceptors (Lipinski definition) is 4. The lowest BCUT2D eigenvalue weighted by Crippen LogP contribution is -2.38. The van der Waals surface area contributed by atoms with Gasteiger partial charge in [-0.2, -0.15) is 0 Å². The Morgan fingerprint density at radius 3 is 2.38 bits per heavy atom. The van der Waals surface area contributed by atoms with Crippen LogP contribution in [0.15, 0.2) is 48.0 Å². The molecular formula is C21H22N2O3. The van der Waals surface area contributed by atoms with Crippen LogP contribution in [0, 0.1) is 0 Å². The highest BCUT2D eigenvalue weighted by Gasteiger charge is 2.38. The van der Waals surface area contributed by atoms with Crippen LogP contribution in [0.2, 0.25) is 0 Å². The molecule has 1 aliphatic heterocycles. The van der Waals surface area contributed by atoms with E-state index in [1.807, 2.05) is 36.4 Å². The number of rotatable bonds is 3. The number of carbonyl (C=O) groups is 1. The van der Waals surface area contributed by atoms with E-state index in [-0.39, 0.29) is 11.9 Å². The van der Waals surface area contributed by atoms with Crippen molar-refractivity contribution in [3.05, 3.63) is 64.7 Å². The lowest BCUT2D eigenvalue weighted by Gasteiger charge is -2.26. The van der Waals surface area contributed by atoms with Gasteiger partial charge in [0.15, 0.2) is 0 Å². The molecule has 0 saturated heterocycles. The molecule has 1 unspecified atom stereocenters. The van der Waals surface area contributed by atoms with Crippen molar-refractivity contribution >= 4 is 11.6 Å². The fourth-order valence-electron chi connectivity index (χ4n) is 3.84. The third kappa shape index (κ3) is 2.60. The summed E-state index contributed by atoms with van der Waals surface area (Å²) in [5, 5.41) is 1.72. The van der Waals surface area contributed by atoms with E-state index in [2.05, 4.69) is 11.5 Å². The number of hydrogen-bond donors (Lipinski definition) is 1. The second kappa shape index (κ2) is 6.41. The molecular weight excluding hydrogens is 328 g/mol. The first-order valence-corrected chi connectivity index (χ1v) is 8.73. The molecule has 5 heteroatoms. The van der Waals surface area contributed by atoms with Crippen LogP contribution in [0.5, 0.6) is 11.5 Å². The highest BCUT2D eigenvalue weighted by atomic mass is 16.5. The van der Waals surface area contributed by atoms with Crippen LogP contribution in [0.1, 0.15) is 36.1 Å². The van der Waals surface area contributed by atoms with Gasteiger partial charge in [-0.3, -0.25) is 10.2 Å². The van der Waals surface area contributed by atoms with E-state index in [1.165, 1.54) is 11.1 Å². The number of ether oxygens (including phenoxy) is 2. The van der Waals surface area contributed by atoms with Crippen molar-refractivity contribution in [1.82, 2.24) is 10.4 Å². The van der Waals surface area contributed by atoms with Crippen LogP contribution in [0.3, 0.4) is 0 Å². The second-order valence-corrected chi connectivity index (χ2v) is 6.60. The Labute approximate surface area is 153 Å². The van der Waals surface area contributed by atoms with Gasteiger partial charge in [-0.25, -0.2) is 5.01 Å². The van der Waals surface area contributed by atoms with Gasteiger partial charge in [0.1, 0.15) is 17.5 Å². The van der Waals surface area contributed by atoms with Gasteiger partial charge < -0.3 is 9.47 Å². The van der Waals surface area contributed by atoms with Crippen molar-refractivity contribution in [1.29, 1.82) is 0 Å². The monoisotopic (exact) mass is 350 g/mol. The van der Waals surface area contributed by atoms with Gasteiger partial charge in [-0.15, -0.1) is 0 Å². The first-order chi connectivity index (χ1) is 12.6. The summed E-state index contributed by atoms with van der Waals surface area (Å²) in [6, 6.07) is 14.0. The topological polar surface area (TPSA) is 50.8 Å². The molecule has 0 aromatic heterocycles. The average molecular weight is 350 g/mol. The van der Waals surface area contributed by atoms with Gasteiger partial charge in [-0.05, 0) is 53.8 Å². The summed E-state index contributed by atoms with van der Waals surface area (Å²) in [6.07, 6.45) is 1.88. The average Bonchev–Trinajstić information content (AvgIpc) is 3.08. The second-order valence-electron chi connectivity index (χ2n) is 6.60. The van der Waals surface area contributed by atoms with Gasteiger partial charge in [0.05, 0.1) is 19.9 Å². The zero-order valence-corrected chi connectivity index (χ0v) is 15.2. The minimum Gasteiger partial charge on any atom is -0.497 e. The molecule has 0 radical (unpaired) electrons. The Kier molecular flexibility index (Phi) is 4.07. The number of benzene rings is 2. The lowest BCUT2D eigenvalue weighted by atomic mass is 9.85. The van der Waals surface area contributed by atoms with E-state index in [4.69, 9.17) is 9.47 Å². The van der Waals surface area contributed by atoms with Gasteiger partial charge in [0, 0.05) is 12.5 Å². The number of hydrazine groups is 1. The third-order valence-electron chi connectivity index (χ3n) is 5.16. The molecule has 0 spiro atoms. The van der Waals surface area contributed by atoms with Gasteiger partial charge in [-0.1, -0.05) is 18.2 Å². The molecule has 1 atom stereocenters. The van der Waals surface area contributed by atoms with Crippen LogP contribution in [-0.2, 0) is 11.2 Å². The Balaban J connectivity index is 1.81. The molecule has 1 heterocycles. The fraction of sp³-hybridized carbons (Fsp3) is 0.286. The maximum atomic E-state index is 12.3. The number of amides is 1. The molecule has 1 N–H and O–H groups in total. The number of nitrogens with one attached hydrogen (secondary N) is 1. The molecule has 0 saturated carbocycles. The fourth-order valence-corrected chi connectivity index (χ4v) is 3.84. The predicted molar refractivity (Wildman–Crippen MR) is 99.6 cm³/mol. The highest BCUT2D eigenvalue weighted by Crippen LogP contribution is 2.44. The van der Waals surface area contributed by atoms with Crippen LogP contribution >= 0.6 is 0 Å². The number of fused-ring (bicyclic) bond motifs is 2. The Hall–Kier alpha value is -2.95. The van der Waals surface area contributed by atoms with E-state index in [9.17, 15) is 4.79 Å². The van der Waals surface area contributed by atoms with Crippen molar-refractivity contribution in [2.75, 3.05) is 14.2 Å². The van der Waals surface area contributed by atoms with Crippen LogP contribution in [0.25, 0.3) is 5.70 Å². The van der Waals surface area contributed by atoms with Gasteiger partial charge in [0.2, 0.25) is 5.91 Å². The number of methoxy groups -OCH3 is 2. The van der Waals surface area contributed by atoms with Crippen molar-refractivity contribution < 1.29 is 14.3 Å². The summed E-state index contributed by atoms with van der Waals surface area (Å²) in [6.45, 7) is 1.59. The minimum absolute atomic E-state index is 0.00957. The quantitative estimate of drug-likeness (QED) is 0.921. The zero-order chi connectivity index (χ0) is 18.3. The largest absolute Gasteiger partial charge is 0.497 e. The van der Waals surface area contributed by atoms with E-state index in [0.29, 0.717) is 0 Å². The van der Waals surface area contributed by atoms with Gasteiger partial charge >= 0.3 is 0 Å². The number of nitrogens with zero attached hydrogens (tertiary/aromatic N) is 1. The van der Waals surface area contributed by atoms with Crippen molar-refractivity contribution in [3.63, 3.8) is 0 Å². The van der Waals surface area contributed by atoms with E-state index in [1.54, 1.807) is 26.2 Å². The summed E-state index contributed by atoms with van der Waals surface area (Å²) in [5.41, 5.74) is 9.09. The molecule has 1 amide bonds. The Bertz CT molecular complexity index is 887. The summed E-state index contributed by atoms with van der Waals surface area (Å²) in [5.74, 6) is 1.62. The standard InChI is InChI=1S/C21H22N2O3/c1-13(24)23-21(15-5-8-16(25-2)9-6-15)18-11-7-14-4-10-17(26-3)12-19(14)20(18)22-23/h4-6,8-10,12,21-22H,7,11H2,1-3H3. The SMILES string of the molecule is COc1ccc(C2C3=C(NN2C(C)=O)c2cc(OC)ccc2CC3)cc1. The minimum atomic E-state index is -0.104. The normalized spacial score (nSPS) is 18.1. The predicted octanol–water partition coefficient (Wildman–Crippen LogP) is 3.47. The molecule has 2 aliphatic rings. The van der Waals surface area contributed by atoms with E-state index < -0.39 is 0 Å². The molecule has 4 rings (SSSR count). The molecule has 5 nitrogen and oxygen atoms in total. The number of carbonyl (C=O) groups excluding carboxylic acids is 1. The zero-order valence-electron chi connectivity index (χ0n) is 15.2. The maximum Gasteiger partial charge on any atom is 0.238 e. The van der Waals surface area contributed by atoms with Crippen molar-refractivity contribution in [2.24, 2.45) is 0 Å². The molecule has 134 valence electrons. The Morgan fingerprint density at radius 1 is 1.04 bits per heavy atom. The first kappa shape index (κ1) is 16.5. The van der Waals surface area contributed by atoms with Crippen LogP contribution < -0.4 is 14.9 Å². The van der Waals surface area contributed by atoms with Crippen molar-refractivity contribution in [2.45, 2.75) is 25.8 Å². The first-order valence-electron chi connectivity index (χ1n) is 8.73. The van der Waals surface area contributed by atoms with E-state index >= 15 is 0 Å². The highest BCUT2D eigenvalue weighted by molar-refractivity contribution is 5.82. The van der Waals surface area contributed by atoms with Crippen molar-refractivity contribution in [3.8, 4) is 11.5 Å². The number of aryl methyl sites for hydroxylation is 1. The molecule has 2 aromatic rings. The summed E-state index contributed by atoms with van der Waals surface area (Å²) in [4.78, 5) is 12.3. The van der Waals surface area contributed by atoms with Gasteiger partial charge in [0.25, 0.3) is 0 Å². The molecule has 2 aromatic carbocycles. The maximum absolute atomic E-state index is 12.3. The summed E-state index contributed by atoms with van der Waals surface area (Å²) >= 11 is 0. The van der Waals surface area contributed by atoms with E-state index in [0.717, 1.165) is 41.2 Å². The van der Waals surface area contributed by atoms with Crippen LogP contribution in [-0.4, -0.2) is 25.1 Å². The molecule has 26 heavy (non-hydrogen) atoms. The molecule has 0 bridgehead atoms. The Morgan fingerprint density at radius 2 is 1.73 bits per heavy atom. The smallest absolute Gasteiger partial charge is 0.238 e. The summed E-state index contributed by atoms with van der Waals surface area (Å²) < 4.78 is 10.7.